The summed E-state index contributed by atoms with van der Waals surface area (Å²) in [4.78, 5) is 31.2. The molecule has 0 saturated carbocycles. The zero-order valence-electron chi connectivity index (χ0n) is 12.1. The summed E-state index contributed by atoms with van der Waals surface area (Å²) in [5.74, 6) is 0.482. The van der Waals surface area contributed by atoms with Crippen molar-refractivity contribution in [3.63, 3.8) is 0 Å². The lowest BCUT2D eigenvalue weighted by Gasteiger charge is -2.03. The fourth-order valence-corrected chi connectivity index (χ4v) is 2.18. The molecule has 0 spiro atoms. The molecule has 2 aromatic carbocycles. The first-order valence-corrected chi connectivity index (χ1v) is 6.65. The van der Waals surface area contributed by atoms with Crippen LogP contribution in [0.4, 0.5) is 11.4 Å². The maximum absolute atomic E-state index is 11.2. The molecular weight excluding hydrogens is 300 g/mol. The Hall–Kier alpha value is -3.42. The molecule has 0 unspecified atom stereocenters. The highest BCUT2D eigenvalue weighted by atomic mass is 16.6. The Kier molecular flexibility index (Phi) is 3.63. The number of aliphatic imine (C=N–C) groups is 1. The summed E-state index contributed by atoms with van der Waals surface area (Å²) in [6.07, 6.45) is 1.48. The van der Waals surface area contributed by atoms with Crippen LogP contribution in [-0.2, 0) is 0 Å². The summed E-state index contributed by atoms with van der Waals surface area (Å²) < 4.78 is 5.18. The molecule has 3 aromatic rings. The van der Waals surface area contributed by atoms with E-state index >= 15 is 0 Å². The van der Waals surface area contributed by atoms with Crippen LogP contribution in [-0.4, -0.2) is 28.2 Å². The van der Waals surface area contributed by atoms with E-state index in [1.807, 2.05) is 0 Å². The Morgan fingerprint density at radius 1 is 1.17 bits per heavy atom. The normalized spacial score (nSPS) is 11.2. The molecule has 116 valence electrons. The van der Waals surface area contributed by atoms with Gasteiger partial charge in [0.05, 0.1) is 28.8 Å². The second-order valence-corrected chi connectivity index (χ2v) is 4.75. The van der Waals surface area contributed by atoms with Crippen LogP contribution < -0.4 is 10.4 Å². The van der Waals surface area contributed by atoms with Crippen LogP contribution in [0.1, 0.15) is 5.56 Å². The van der Waals surface area contributed by atoms with Crippen LogP contribution in [0.5, 0.6) is 5.75 Å². The summed E-state index contributed by atoms with van der Waals surface area (Å²) in [7, 11) is 1.48. The molecule has 0 saturated heterocycles. The Morgan fingerprint density at radius 2 is 1.96 bits per heavy atom. The average Bonchev–Trinajstić information content (AvgIpc) is 2.91. The standard InChI is InChI=1S/C15H12N4O4/c1-23-14-5-3-11(19(21)22)6-9(14)8-16-10-2-4-12-13(7-10)18-15(20)17-12/h2-8H,1H3,(H2,17,18,20). The van der Waals surface area contributed by atoms with Crippen molar-refractivity contribution in [1.82, 2.24) is 9.97 Å². The molecule has 1 heterocycles. The van der Waals surface area contributed by atoms with Crippen molar-refractivity contribution >= 4 is 28.6 Å². The number of non-ortho nitro benzene ring substituents is 1. The minimum Gasteiger partial charge on any atom is -0.496 e. The van der Waals surface area contributed by atoms with Crippen molar-refractivity contribution in [2.45, 2.75) is 0 Å². The quantitative estimate of drug-likeness (QED) is 0.437. The topological polar surface area (TPSA) is 113 Å². The van der Waals surface area contributed by atoms with Gasteiger partial charge in [0.2, 0.25) is 0 Å². The van der Waals surface area contributed by atoms with Crippen molar-refractivity contribution < 1.29 is 9.66 Å². The van der Waals surface area contributed by atoms with Crippen LogP contribution in [0.15, 0.2) is 46.2 Å². The smallest absolute Gasteiger partial charge is 0.323 e. The number of aromatic nitrogens is 2. The molecule has 0 aliphatic heterocycles. The lowest BCUT2D eigenvalue weighted by molar-refractivity contribution is -0.384. The maximum Gasteiger partial charge on any atom is 0.323 e. The van der Waals surface area contributed by atoms with Crippen LogP contribution in [0.2, 0.25) is 0 Å². The van der Waals surface area contributed by atoms with E-state index < -0.39 is 4.92 Å². The van der Waals surface area contributed by atoms with Crippen LogP contribution >= 0.6 is 0 Å². The second kappa shape index (κ2) is 5.76. The zero-order chi connectivity index (χ0) is 16.4. The molecule has 0 bridgehead atoms. The number of imidazole rings is 1. The highest BCUT2D eigenvalue weighted by molar-refractivity contribution is 5.87. The number of benzene rings is 2. The Labute approximate surface area is 129 Å². The van der Waals surface area contributed by atoms with E-state index in [0.717, 1.165) is 0 Å². The summed E-state index contributed by atoms with van der Waals surface area (Å²) >= 11 is 0. The third kappa shape index (κ3) is 2.95. The number of hydrogen-bond acceptors (Lipinski definition) is 5. The summed E-state index contributed by atoms with van der Waals surface area (Å²) in [5, 5.41) is 10.9. The molecule has 8 heteroatoms. The van der Waals surface area contributed by atoms with Crippen molar-refractivity contribution in [2.75, 3.05) is 7.11 Å². The SMILES string of the molecule is COc1ccc([N+](=O)[O-])cc1C=Nc1ccc2[nH]c(=O)[nH]c2c1. The zero-order valence-corrected chi connectivity index (χ0v) is 12.1. The molecular formula is C15H12N4O4. The third-order valence-electron chi connectivity index (χ3n) is 3.28. The van der Waals surface area contributed by atoms with Gasteiger partial charge in [0.1, 0.15) is 5.75 Å². The largest absolute Gasteiger partial charge is 0.496 e. The van der Waals surface area contributed by atoms with E-state index in [4.69, 9.17) is 4.74 Å². The van der Waals surface area contributed by atoms with Gasteiger partial charge >= 0.3 is 5.69 Å². The molecule has 23 heavy (non-hydrogen) atoms. The van der Waals surface area contributed by atoms with Gasteiger partial charge in [-0.25, -0.2) is 4.79 Å². The fraction of sp³-hybridized carbons (Fsp3) is 0.0667. The number of hydrogen-bond donors (Lipinski definition) is 2. The van der Waals surface area contributed by atoms with E-state index in [9.17, 15) is 14.9 Å². The number of nitrogens with one attached hydrogen (secondary N) is 2. The third-order valence-corrected chi connectivity index (χ3v) is 3.28. The maximum atomic E-state index is 11.2. The summed E-state index contributed by atoms with van der Waals surface area (Å²) in [5.41, 5.74) is 2.07. The Morgan fingerprint density at radius 3 is 2.70 bits per heavy atom. The molecule has 1 aromatic heterocycles. The van der Waals surface area contributed by atoms with E-state index in [-0.39, 0.29) is 11.4 Å². The highest BCUT2D eigenvalue weighted by Crippen LogP contribution is 2.24. The minimum atomic E-state index is -0.479. The van der Waals surface area contributed by atoms with Crippen molar-refractivity contribution in [3.8, 4) is 5.75 Å². The van der Waals surface area contributed by atoms with Gasteiger partial charge in [-0.05, 0) is 24.3 Å². The Bertz CT molecular complexity index is 971. The number of rotatable bonds is 4. The number of H-pyrrole nitrogens is 2. The number of ether oxygens (including phenoxy) is 1. The highest BCUT2D eigenvalue weighted by Gasteiger charge is 2.09. The van der Waals surface area contributed by atoms with Crippen molar-refractivity contribution in [2.24, 2.45) is 4.99 Å². The van der Waals surface area contributed by atoms with Crippen LogP contribution in [0.25, 0.3) is 11.0 Å². The molecule has 0 amide bonds. The van der Waals surface area contributed by atoms with E-state index in [0.29, 0.717) is 28.0 Å². The minimum absolute atomic E-state index is 0.0438. The predicted octanol–water partition coefficient (Wildman–Crippen LogP) is 2.52. The Balaban J connectivity index is 1.98. The lowest BCUT2D eigenvalue weighted by Crippen LogP contribution is -1.99. The van der Waals surface area contributed by atoms with E-state index in [2.05, 4.69) is 15.0 Å². The van der Waals surface area contributed by atoms with Crippen LogP contribution in [0, 0.1) is 10.1 Å². The van der Waals surface area contributed by atoms with Gasteiger partial charge in [-0.1, -0.05) is 0 Å². The molecule has 8 nitrogen and oxygen atoms in total. The first-order chi connectivity index (χ1) is 11.1. The fourth-order valence-electron chi connectivity index (χ4n) is 2.18. The second-order valence-electron chi connectivity index (χ2n) is 4.75. The van der Waals surface area contributed by atoms with Gasteiger partial charge in [0.15, 0.2) is 0 Å². The lowest BCUT2D eigenvalue weighted by atomic mass is 10.2. The number of nitro groups is 1. The van der Waals surface area contributed by atoms with Gasteiger partial charge < -0.3 is 14.7 Å². The molecule has 2 N–H and O–H groups in total. The van der Waals surface area contributed by atoms with Gasteiger partial charge in [0.25, 0.3) is 5.69 Å². The average molecular weight is 312 g/mol. The number of nitro benzene ring substituents is 1. The molecule has 0 atom stereocenters. The number of aromatic amines is 2. The number of fused-ring (bicyclic) bond motifs is 1. The summed E-state index contributed by atoms with van der Waals surface area (Å²) in [6.45, 7) is 0. The van der Waals surface area contributed by atoms with E-state index in [1.54, 1.807) is 18.2 Å². The monoisotopic (exact) mass is 312 g/mol. The first kappa shape index (κ1) is 14.5. The number of methoxy groups -OCH3 is 1. The van der Waals surface area contributed by atoms with Gasteiger partial charge in [-0.15, -0.1) is 0 Å². The van der Waals surface area contributed by atoms with Crippen molar-refractivity contribution in [3.05, 3.63) is 62.6 Å². The molecule has 0 radical (unpaired) electrons. The molecule has 0 fully saturated rings. The molecule has 0 aliphatic carbocycles. The van der Waals surface area contributed by atoms with Gasteiger partial charge in [-0.2, -0.15) is 0 Å². The molecule has 0 aliphatic rings. The number of nitrogens with zero attached hydrogens (tertiary/aromatic N) is 2. The van der Waals surface area contributed by atoms with Gasteiger partial charge in [0, 0.05) is 23.9 Å². The predicted molar refractivity (Wildman–Crippen MR) is 85.8 cm³/mol. The van der Waals surface area contributed by atoms with Crippen LogP contribution in [0.3, 0.4) is 0 Å². The van der Waals surface area contributed by atoms with E-state index in [1.165, 1.54) is 31.5 Å². The van der Waals surface area contributed by atoms with Crippen molar-refractivity contribution in [1.29, 1.82) is 0 Å². The summed E-state index contributed by atoms with van der Waals surface area (Å²) in [6, 6.07) is 9.43. The molecule has 3 rings (SSSR count). The van der Waals surface area contributed by atoms with Gasteiger partial charge in [-0.3, -0.25) is 15.1 Å². The first-order valence-electron chi connectivity index (χ1n) is 6.65.